The number of carbonyl (C=O) groups excluding carboxylic acids is 1. The highest BCUT2D eigenvalue weighted by Crippen LogP contribution is 2.37. The molecule has 0 atom stereocenters. The van der Waals surface area contributed by atoms with E-state index >= 15 is 0 Å². The molecule has 3 rings (SSSR count). The summed E-state index contributed by atoms with van der Waals surface area (Å²) in [4.78, 5) is 26.7. The highest BCUT2D eigenvalue weighted by Gasteiger charge is 2.26. The van der Waals surface area contributed by atoms with Gasteiger partial charge in [0.25, 0.3) is 5.69 Å². The van der Waals surface area contributed by atoms with Gasteiger partial charge >= 0.3 is 5.97 Å². The molecule has 29 heavy (non-hydrogen) atoms. The number of nitro groups is 1. The molecular formula is C19H14BrClN2O6. The molecule has 0 spiro atoms. The van der Waals surface area contributed by atoms with E-state index in [4.69, 9.17) is 25.8 Å². The quantitative estimate of drug-likeness (QED) is 0.255. The predicted octanol–water partition coefficient (Wildman–Crippen LogP) is 4.76. The van der Waals surface area contributed by atoms with Crippen LogP contribution < -0.4 is 9.47 Å². The summed E-state index contributed by atoms with van der Waals surface area (Å²) in [5.41, 5.74) is 0.779. The van der Waals surface area contributed by atoms with Gasteiger partial charge in [-0.1, -0.05) is 11.6 Å². The van der Waals surface area contributed by atoms with Gasteiger partial charge in [0.15, 0.2) is 17.2 Å². The topological polar surface area (TPSA) is 100 Å². The summed E-state index contributed by atoms with van der Waals surface area (Å²) in [7, 11) is 1.51. The van der Waals surface area contributed by atoms with Crippen LogP contribution in [0.2, 0.25) is 5.02 Å². The molecule has 0 unspecified atom stereocenters. The molecule has 0 radical (unpaired) electrons. The number of esters is 1. The molecule has 0 amide bonds. The fraction of sp³-hybridized carbons (Fsp3) is 0.158. The van der Waals surface area contributed by atoms with Gasteiger partial charge < -0.3 is 14.2 Å². The van der Waals surface area contributed by atoms with Gasteiger partial charge in [-0.05, 0) is 52.7 Å². The van der Waals surface area contributed by atoms with Crippen molar-refractivity contribution in [3.63, 3.8) is 0 Å². The lowest BCUT2D eigenvalue weighted by Gasteiger charge is -2.12. The summed E-state index contributed by atoms with van der Waals surface area (Å²) in [6, 6.07) is 7.26. The average molecular weight is 482 g/mol. The number of halogens is 2. The van der Waals surface area contributed by atoms with Gasteiger partial charge in [-0.25, -0.2) is 9.79 Å². The molecular weight excluding hydrogens is 468 g/mol. The predicted molar refractivity (Wildman–Crippen MR) is 111 cm³/mol. The second-order valence-electron chi connectivity index (χ2n) is 5.72. The molecule has 150 valence electrons. The van der Waals surface area contributed by atoms with E-state index in [-0.39, 0.29) is 27.9 Å². The van der Waals surface area contributed by atoms with Crippen LogP contribution in [0.25, 0.3) is 6.08 Å². The number of hydrogen-bond donors (Lipinski definition) is 0. The van der Waals surface area contributed by atoms with E-state index in [1.165, 1.54) is 31.4 Å². The Kier molecular flexibility index (Phi) is 6.19. The maximum Gasteiger partial charge on any atom is 0.363 e. The van der Waals surface area contributed by atoms with Crippen molar-refractivity contribution < 1.29 is 23.9 Å². The number of hydrogen-bond acceptors (Lipinski definition) is 7. The van der Waals surface area contributed by atoms with Crippen molar-refractivity contribution in [3.8, 4) is 11.5 Å². The largest absolute Gasteiger partial charge is 0.493 e. The minimum Gasteiger partial charge on any atom is -0.493 e. The van der Waals surface area contributed by atoms with Crippen molar-refractivity contribution in [1.82, 2.24) is 0 Å². The van der Waals surface area contributed by atoms with E-state index in [9.17, 15) is 14.9 Å². The lowest BCUT2D eigenvalue weighted by atomic mass is 10.1. The van der Waals surface area contributed by atoms with Crippen LogP contribution in [0.3, 0.4) is 0 Å². The summed E-state index contributed by atoms with van der Waals surface area (Å²) in [5.74, 6) is 0.339. The van der Waals surface area contributed by atoms with E-state index in [0.717, 1.165) is 0 Å². The van der Waals surface area contributed by atoms with Crippen LogP contribution in [0, 0.1) is 10.1 Å². The second kappa shape index (κ2) is 8.62. The number of non-ortho nitro benzene ring substituents is 1. The van der Waals surface area contributed by atoms with Crippen LogP contribution in [0.4, 0.5) is 5.69 Å². The molecule has 8 nitrogen and oxygen atoms in total. The molecule has 0 aromatic heterocycles. The smallest absolute Gasteiger partial charge is 0.363 e. The van der Waals surface area contributed by atoms with Gasteiger partial charge in [-0.3, -0.25) is 10.1 Å². The number of nitrogens with zero attached hydrogens (tertiary/aromatic N) is 2. The molecule has 0 saturated heterocycles. The SMILES string of the molecule is CCOc1c(Br)cc(/C=C2\N=C(c3ccc([N+](=O)[O-])cc3Cl)OC2=O)cc1OC. The van der Waals surface area contributed by atoms with Crippen molar-refractivity contribution in [2.45, 2.75) is 6.92 Å². The molecule has 0 aliphatic carbocycles. The van der Waals surface area contributed by atoms with Crippen molar-refractivity contribution in [2.75, 3.05) is 13.7 Å². The highest BCUT2D eigenvalue weighted by molar-refractivity contribution is 9.10. The van der Waals surface area contributed by atoms with Gasteiger partial charge in [-0.2, -0.15) is 0 Å². The first-order valence-corrected chi connectivity index (χ1v) is 9.48. The Balaban J connectivity index is 1.97. The second-order valence-corrected chi connectivity index (χ2v) is 6.99. The third-order valence-corrected chi connectivity index (χ3v) is 4.76. The number of benzene rings is 2. The number of nitro benzene ring substituents is 1. The molecule has 0 bridgehead atoms. The summed E-state index contributed by atoms with van der Waals surface area (Å²) in [5, 5.41) is 10.9. The molecule has 1 aliphatic rings. The Morgan fingerprint density at radius 1 is 1.34 bits per heavy atom. The van der Waals surface area contributed by atoms with E-state index in [2.05, 4.69) is 20.9 Å². The normalized spacial score (nSPS) is 14.6. The van der Waals surface area contributed by atoms with Crippen molar-refractivity contribution in [1.29, 1.82) is 0 Å². The number of carbonyl (C=O) groups is 1. The third-order valence-electron chi connectivity index (χ3n) is 3.86. The minimum absolute atomic E-state index is 0.0295. The molecule has 0 N–H and O–H groups in total. The minimum atomic E-state index is -0.668. The van der Waals surface area contributed by atoms with E-state index in [1.807, 2.05) is 6.92 Å². The van der Waals surface area contributed by atoms with Crippen molar-refractivity contribution >= 4 is 51.2 Å². The van der Waals surface area contributed by atoms with Gasteiger partial charge in [0.05, 0.1) is 33.7 Å². The van der Waals surface area contributed by atoms with Crippen molar-refractivity contribution in [3.05, 3.63) is 66.8 Å². The summed E-state index contributed by atoms with van der Waals surface area (Å²) >= 11 is 9.51. The first-order valence-electron chi connectivity index (χ1n) is 8.31. The van der Waals surface area contributed by atoms with Crippen LogP contribution >= 0.6 is 27.5 Å². The Morgan fingerprint density at radius 2 is 2.10 bits per heavy atom. The molecule has 1 aliphatic heterocycles. The lowest BCUT2D eigenvalue weighted by molar-refractivity contribution is -0.384. The Labute approximate surface area is 179 Å². The zero-order valence-corrected chi connectivity index (χ0v) is 17.6. The van der Waals surface area contributed by atoms with Crippen molar-refractivity contribution in [2.24, 2.45) is 4.99 Å². The Bertz CT molecular complexity index is 1070. The maximum absolute atomic E-state index is 12.2. The molecule has 0 fully saturated rings. The van der Waals surface area contributed by atoms with E-state index in [0.29, 0.717) is 28.1 Å². The van der Waals surface area contributed by atoms with Crippen LogP contribution in [0.5, 0.6) is 11.5 Å². The van der Waals surface area contributed by atoms with Crippen LogP contribution in [-0.4, -0.2) is 30.5 Å². The summed E-state index contributed by atoms with van der Waals surface area (Å²) < 4.78 is 16.7. The standard InChI is InChI=1S/C19H14BrClN2O6/c1-3-28-17-13(20)6-10(8-16(17)27-2)7-15-19(24)29-18(22-15)12-5-4-11(23(25)26)9-14(12)21/h4-9H,3H2,1-2H3/b15-7-. The molecule has 2 aromatic carbocycles. The number of ether oxygens (including phenoxy) is 3. The molecule has 1 heterocycles. The van der Waals surface area contributed by atoms with Gasteiger partial charge in [0, 0.05) is 12.1 Å². The zero-order valence-electron chi connectivity index (χ0n) is 15.3. The first-order chi connectivity index (χ1) is 13.8. The third kappa shape index (κ3) is 4.41. The summed E-state index contributed by atoms with van der Waals surface area (Å²) in [6.45, 7) is 2.32. The van der Waals surface area contributed by atoms with Crippen LogP contribution in [0.1, 0.15) is 18.1 Å². The molecule has 10 heteroatoms. The number of cyclic esters (lactones) is 1. The van der Waals surface area contributed by atoms with Gasteiger partial charge in [0.2, 0.25) is 5.90 Å². The van der Waals surface area contributed by atoms with E-state index < -0.39 is 10.9 Å². The summed E-state index contributed by atoms with van der Waals surface area (Å²) in [6.07, 6.45) is 1.53. The Hall–Kier alpha value is -2.91. The maximum atomic E-state index is 12.2. The molecule has 0 saturated carbocycles. The van der Waals surface area contributed by atoms with Crippen LogP contribution in [0.15, 0.2) is 45.5 Å². The highest BCUT2D eigenvalue weighted by atomic mass is 79.9. The van der Waals surface area contributed by atoms with E-state index in [1.54, 1.807) is 12.1 Å². The first kappa shape index (κ1) is 20.8. The van der Waals surface area contributed by atoms with Crippen LogP contribution in [-0.2, 0) is 9.53 Å². The monoisotopic (exact) mass is 480 g/mol. The molecule has 2 aromatic rings. The Morgan fingerprint density at radius 3 is 2.72 bits per heavy atom. The van der Waals surface area contributed by atoms with Gasteiger partial charge in [0.1, 0.15) is 0 Å². The number of methoxy groups -OCH3 is 1. The number of rotatable bonds is 6. The fourth-order valence-corrected chi connectivity index (χ4v) is 3.41. The average Bonchev–Trinajstić information content (AvgIpc) is 3.03. The number of aliphatic imine (C=N–C) groups is 1. The fourth-order valence-electron chi connectivity index (χ4n) is 2.58. The van der Waals surface area contributed by atoms with Gasteiger partial charge in [-0.15, -0.1) is 0 Å². The lowest BCUT2D eigenvalue weighted by Crippen LogP contribution is -2.06. The zero-order chi connectivity index (χ0) is 21.1.